The number of piperazine rings is 1. The van der Waals surface area contributed by atoms with Gasteiger partial charge in [-0.15, -0.1) is 0 Å². The van der Waals surface area contributed by atoms with Crippen LogP contribution in [0.3, 0.4) is 0 Å². The van der Waals surface area contributed by atoms with Crippen LogP contribution in [0.25, 0.3) is 0 Å². The van der Waals surface area contributed by atoms with Gasteiger partial charge in [0.15, 0.2) is 0 Å². The molecular formula is C14H18N4O2. The van der Waals surface area contributed by atoms with Crippen LogP contribution >= 0.6 is 0 Å². The second-order valence-corrected chi connectivity index (χ2v) is 5.08. The Morgan fingerprint density at radius 2 is 2.20 bits per heavy atom. The highest BCUT2D eigenvalue weighted by atomic mass is 16.3. The Kier molecular flexibility index (Phi) is 3.56. The maximum absolute atomic E-state index is 12.2. The zero-order valence-corrected chi connectivity index (χ0v) is 11.5. The van der Waals surface area contributed by atoms with E-state index in [1.165, 1.54) is 0 Å². The summed E-state index contributed by atoms with van der Waals surface area (Å²) in [6, 6.07) is 5.66. The second kappa shape index (κ2) is 5.50. The number of aryl methyl sites for hydroxylation is 1. The van der Waals surface area contributed by atoms with Crippen molar-refractivity contribution in [3.05, 3.63) is 41.6 Å². The largest absolute Gasteiger partial charge is 0.468 e. The van der Waals surface area contributed by atoms with E-state index in [0.717, 1.165) is 44.2 Å². The number of hydrogen-bond acceptors (Lipinski definition) is 4. The fraction of sp³-hybridized carbons (Fsp3) is 0.429. The third-order valence-corrected chi connectivity index (χ3v) is 3.54. The number of H-pyrrole nitrogens is 1. The average molecular weight is 274 g/mol. The smallest absolute Gasteiger partial charge is 0.274 e. The Morgan fingerprint density at radius 3 is 2.80 bits per heavy atom. The van der Waals surface area contributed by atoms with E-state index in [2.05, 4.69) is 15.1 Å². The van der Waals surface area contributed by atoms with Crippen molar-refractivity contribution in [3.8, 4) is 0 Å². The van der Waals surface area contributed by atoms with Crippen LogP contribution in [-0.2, 0) is 6.54 Å². The number of carbonyl (C=O) groups excluding carboxylic acids is 1. The molecule has 2 aromatic rings. The van der Waals surface area contributed by atoms with Gasteiger partial charge < -0.3 is 9.32 Å². The molecule has 1 saturated heterocycles. The van der Waals surface area contributed by atoms with Crippen LogP contribution < -0.4 is 0 Å². The highest BCUT2D eigenvalue weighted by Crippen LogP contribution is 2.11. The van der Waals surface area contributed by atoms with E-state index in [1.54, 1.807) is 12.3 Å². The Bertz CT molecular complexity index is 568. The van der Waals surface area contributed by atoms with Gasteiger partial charge in [0, 0.05) is 31.9 Å². The fourth-order valence-electron chi connectivity index (χ4n) is 2.42. The number of aromatic nitrogens is 2. The molecule has 0 spiro atoms. The minimum Gasteiger partial charge on any atom is -0.468 e. The molecule has 0 saturated carbocycles. The summed E-state index contributed by atoms with van der Waals surface area (Å²) in [5.74, 6) is 0.972. The van der Waals surface area contributed by atoms with Gasteiger partial charge in [0.1, 0.15) is 11.5 Å². The van der Waals surface area contributed by atoms with E-state index in [0.29, 0.717) is 5.69 Å². The number of nitrogens with zero attached hydrogens (tertiary/aromatic N) is 3. The zero-order chi connectivity index (χ0) is 13.9. The molecule has 1 fully saturated rings. The lowest BCUT2D eigenvalue weighted by molar-refractivity contribution is 0.0614. The predicted octanol–water partition coefficient (Wildman–Crippen LogP) is 1.27. The molecule has 0 bridgehead atoms. The number of amides is 1. The lowest BCUT2D eigenvalue weighted by Crippen LogP contribution is -2.48. The minimum atomic E-state index is 0.00648. The van der Waals surface area contributed by atoms with Crippen LogP contribution in [0.4, 0.5) is 0 Å². The number of hydrogen-bond donors (Lipinski definition) is 1. The summed E-state index contributed by atoms with van der Waals surface area (Å²) in [7, 11) is 0. The van der Waals surface area contributed by atoms with Crippen LogP contribution in [0, 0.1) is 6.92 Å². The van der Waals surface area contributed by atoms with E-state index >= 15 is 0 Å². The van der Waals surface area contributed by atoms with Gasteiger partial charge >= 0.3 is 0 Å². The fourth-order valence-corrected chi connectivity index (χ4v) is 2.42. The minimum absolute atomic E-state index is 0.00648. The van der Waals surface area contributed by atoms with Gasteiger partial charge in [0.05, 0.1) is 12.8 Å². The van der Waals surface area contributed by atoms with E-state index in [1.807, 2.05) is 24.0 Å². The Morgan fingerprint density at radius 1 is 1.40 bits per heavy atom. The summed E-state index contributed by atoms with van der Waals surface area (Å²) in [4.78, 5) is 16.4. The van der Waals surface area contributed by atoms with Crippen molar-refractivity contribution >= 4 is 5.91 Å². The lowest BCUT2D eigenvalue weighted by atomic mass is 10.2. The third-order valence-electron chi connectivity index (χ3n) is 3.54. The number of carbonyl (C=O) groups is 1. The van der Waals surface area contributed by atoms with Crippen molar-refractivity contribution in [2.75, 3.05) is 26.2 Å². The molecule has 1 aliphatic heterocycles. The van der Waals surface area contributed by atoms with Crippen LogP contribution in [0.2, 0.25) is 0 Å². The first-order valence-electron chi connectivity index (χ1n) is 6.78. The molecule has 6 heteroatoms. The van der Waals surface area contributed by atoms with Gasteiger partial charge in [-0.1, -0.05) is 0 Å². The summed E-state index contributed by atoms with van der Waals surface area (Å²) < 4.78 is 5.35. The van der Waals surface area contributed by atoms with Gasteiger partial charge in [-0.3, -0.25) is 14.8 Å². The average Bonchev–Trinajstić information content (AvgIpc) is 3.10. The van der Waals surface area contributed by atoms with Crippen LogP contribution in [0.1, 0.15) is 21.9 Å². The monoisotopic (exact) mass is 274 g/mol. The number of aromatic amines is 1. The number of rotatable bonds is 3. The maximum Gasteiger partial charge on any atom is 0.274 e. The van der Waals surface area contributed by atoms with E-state index in [9.17, 15) is 4.79 Å². The highest BCUT2D eigenvalue weighted by molar-refractivity contribution is 5.92. The van der Waals surface area contributed by atoms with E-state index < -0.39 is 0 Å². The molecule has 2 aromatic heterocycles. The molecule has 3 rings (SSSR count). The summed E-state index contributed by atoms with van der Waals surface area (Å²) in [5, 5.41) is 6.83. The van der Waals surface area contributed by atoms with Crippen molar-refractivity contribution in [1.82, 2.24) is 20.0 Å². The van der Waals surface area contributed by atoms with Crippen molar-refractivity contribution in [2.45, 2.75) is 13.5 Å². The molecule has 1 aliphatic rings. The van der Waals surface area contributed by atoms with Crippen molar-refractivity contribution in [2.24, 2.45) is 0 Å². The SMILES string of the molecule is Cc1cc(C(=O)N2CCN(Cc3ccco3)CC2)n[nH]1. The van der Waals surface area contributed by atoms with E-state index in [4.69, 9.17) is 4.42 Å². The lowest BCUT2D eigenvalue weighted by Gasteiger charge is -2.33. The van der Waals surface area contributed by atoms with Crippen LogP contribution in [-0.4, -0.2) is 52.1 Å². The summed E-state index contributed by atoms with van der Waals surface area (Å²) in [5.41, 5.74) is 1.41. The first-order valence-corrected chi connectivity index (χ1v) is 6.78. The Balaban J connectivity index is 1.54. The molecule has 6 nitrogen and oxygen atoms in total. The molecule has 0 aliphatic carbocycles. The quantitative estimate of drug-likeness (QED) is 0.915. The van der Waals surface area contributed by atoms with Crippen molar-refractivity contribution in [1.29, 1.82) is 0 Å². The molecule has 0 radical (unpaired) electrons. The number of furan rings is 1. The van der Waals surface area contributed by atoms with Gasteiger partial charge in [0.25, 0.3) is 5.91 Å². The third kappa shape index (κ3) is 2.75. The molecule has 1 amide bonds. The molecule has 1 N–H and O–H groups in total. The number of nitrogens with one attached hydrogen (secondary N) is 1. The first kappa shape index (κ1) is 12.9. The molecule has 0 atom stereocenters. The summed E-state index contributed by atoms with van der Waals surface area (Å²) in [6.07, 6.45) is 1.69. The summed E-state index contributed by atoms with van der Waals surface area (Å²) in [6.45, 7) is 5.87. The molecule has 106 valence electrons. The maximum atomic E-state index is 12.2. The highest BCUT2D eigenvalue weighted by Gasteiger charge is 2.23. The second-order valence-electron chi connectivity index (χ2n) is 5.08. The molecule has 3 heterocycles. The standard InChI is InChI=1S/C14H18N4O2/c1-11-9-13(16-15-11)14(19)18-6-4-17(5-7-18)10-12-3-2-8-20-12/h2-3,8-9H,4-7,10H2,1H3,(H,15,16). The van der Waals surface area contributed by atoms with Gasteiger partial charge in [-0.2, -0.15) is 5.10 Å². The van der Waals surface area contributed by atoms with Crippen molar-refractivity contribution < 1.29 is 9.21 Å². The zero-order valence-electron chi connectivity index (χ0n) is 11.5. The summed E-state index contributed by atoms with van der Waals surface area (Å²) >= 11 is 0. The topological polar surface area (TPSA) is 65.4 Å². The van der Waals surface area contributed by atoms with Crippen LogP contribution in [0.5, 0.6) is 0 Å². The predicted molar refractivity (Wildman–Crippen MR) is 73.2 cm³/mol. The Labute approximate surface area is 117 Å². The van der Waals surface area contributed by atoms with E-state index in [-0.39, 0.29) is 5.91 Å². The van der Waals surface area contributed by atoms with Gasteiger partial charge in [-0.25, -0.2) is 0 Å². The van der Waals surface area contributed by atoms with Gasteiger partial charge in [0.2, 0.25) is 0 Å². The molecular weight excluding hydrogens is 256 g/mol. The molecule has 20 heavy (non-hydrogen) atoms. The molecule has 0 aromatic carbocycles. The normalized spacial score (nSPS) is 16.6. The van der Waals surface area contributed by atoms with Crippen molar-refractivity contribution in [3.63, 3.8) is 0 Å². The van der Waals surface area contributed by atoms with Gasteiger partial charge in [-0.05, 0) is 25.1 Å². The van der Waals surface area contributed by atoms with Crippen LogP contribution in [0.15, 0.2) is 28.9 Å². The molecule has 0 unspecified atom stereocenters. The first-order chi connectivity index (χ1) is 9.72. The Hall–Kier alpha value is -2.08.